The summed E-state index contributed by atoms with van der Waals surface area (Å²) in [6.45, 7) is 5.96. The van der Waals surface area contributed by atoms with Crippen molar-refractivity contribution in [2.24, 2.45) is 4.99 Å². The zero-order valence-electron chi connectivity index (χ0n) is 19.3. The van der Waals surface area contributed by atoms with Gasteiger partial charge in [-0.3, -0.25) is 9.89 Å². The van der Waals surface area contributed by atoms with E-state index in [2.05, 4.69) is 37.6 Å². The van der Waals surface area contributed by atoms with E-state index < -0.39 is 0 Å². The molecule has 0 spiro atoms. The van der Waals surface area contributed by atoms with Gasteiger partial charge in [0.15, 0.2) is 5.96 Å². The zero-order chi connectivity index (χ0) is 22.1. The van der Waals surface area contributed by atoms with Crippen LogP contribution in [0.4, 0.5) is 0 Å². The molecule has 2 heterocycles. The fraction of sp³-hybridized carbons (Fsp3) is 0.478. The van der Waals surface area contributed by atoms with Gasteiger partial charge in [0.2, 0.25) is 5.88 Å². The summed E-state index contributed by atoms with van der Waals surface area (Å²) in [4.78, 5) is 11.1. The Balaban J connectivity index is 0.00000363. The molecule has 32 heavy (non-hydrogen) atoms. The summed E-state index contributed by atoms with van der Waals surface area (Å²) in [5, 5.41) is 6.91. The molecule has 1 fully saturated rings. The number of nitrogens with one attached hydrogen (secondary N) is 2. The van der Waals surface area contributed by atoms with Gasteiger partial charge in [-0.2, -0.15) is 0 Å². The van der Waals surface area contributed by atoms with Crippen molar-refractivity contribution in [1.29, 1.82) is 0 Å². The van der Waals surface area contributed by atoms with Crippen LogP contribution in [-0.4, -0.2) is 62.8 Å². The molecule has 1 aromatic carbocycles. The van der Waals surface area contributed by atoms with Crippen LogP contribution in [0.1, 0.15) is 24.5 Å². The van der Waals surface area contributed by atoms with Gasteiger partial charge >= 0.3 is 0 Å². The van der Waals surface area contributed by atoms with Crippen LogP contribution in [0.2, 0.25) is 0 Å². The molecule has 1 aliphatic heterocycles. The maximum atomic E-state index is 5.60. The van der Waals surface area contributed by atoms with Crippen molar-refractivity contribution < 1.29 is 14.2 Å². The highest BCUT2D eigenvalue weighted by Gasteiger charge is 2.23. The number of likely N-dealkylation sites (tertiary alicyclic amines) is 1. The highest BCUT2D eigenvalue weighted by Crippen LogP contribution is 2.24. The Morgan fingerprint density at radius 3 is 2.62 bits per heavy atom. The molecule has 2 aromatic rings. The molecule has 1 unspecified atom stereocenters. The third-order valence-electron chi connectivity index (χ3n) is 5.23. The van der Waals surface area contributed by atoms with Crippen molar-refractivity contribution in [3.63, 3.8) is 0 Å². The maximum absolute atomic E-state index is 5.60. The number of methoxy groups -OCH3 is 2. The Kier molecular flexibility index (Phi) is 10.8. The highest BCUT2D eigenvalue weighted by molar-refractivity contribution is 14.0. The smallest absolute Gasteiger partial charge is 0.218 e. The standard InChI is InChI=1S/C23H33N5O3.HI/c1-5-31-22-18(7-6-9-25-22)14-26-23(24-2)27-19-8-10-28(16-19)15-17-11-20(29-3)13-21(12-17)30-4;/h6-7,9,11-13,19H,5,8,10,14-16H2,1-4H3,(H2,24,26,27);1H. The van der Waals surface area contributed by atoms with E-state index >= 15 is 0 Å². The van der Waals surface area contributed by atoms with Crippen molar-refractivity contribution in [3.05, 3.63) is 47.7 Å². The normalized spacial score (nSPS) is 16.2. The summed E-state index contributed by atoms with van der Waals surface area (Å²) < 4.78 is 16.4. The predicted molar refractivity (Wildman–Crippen MR) is 137 cm³/mol. The lowest BCUT2D eigenvalue weighted by atomic mass is 10.2. The third-order valence-corrected chi connectivity index (χ3v) is 5.23. The van der Waals surface area contributed by atoms with E-state index in [1.165, 1.54) is 5.56 Å². The molecule has 2 N–H and O–H groups in total. The average molecular weight is 555 g/mol. The number of aromatic nitrogens is 1. The molecule has 1 saturated heterocycles. The molecule has 8 nitrogen and oxygen atoms in total. The van der Waals surface area contributed by atoms with Crippen molar-refractivity contribution in [3.8, 4) is 17.4 Å². The summed E-state index contributed by atoms with van der Waals surface area (Å²) in [5.41, 5.74) is 2.19. The minimum atomic E-state index is 0. The topological polar surface area (TPSA) is 80.2 Å². The Morgan fingerprint density at radius 2 is 1.97 bits per heavy atom. The van der Waals surface area contributed by atoms with E-state index in [1.807, 2.05) is 25.1 Å². The van der Waals surface area contributed by atoms with Gasteiger partial charge < -0.3 is 24.8 Å². The van der Waals surface area contributed by atoms with Gasteiger partial charge in [0.1, 0.15) is 11.5 Å². The van der Waals surface area contributed by atoms with Gasteiger partial charge in [-0.15, -0.1) is 24.0 Å². The number of pyridine rings is 1. The van der Waals surface area contributed by atoms with Crippen molar-refractivity contribution >= 4 is 29.9 Å². The fourth-order valence-electron chi connectivity index (χ4n) is 3.70. The number of ether oxygens (including phenoxy) is 3. The van der Waals surface area contributed by atoms with Gasteiger partial charge in [0, 0.05) is 57.1 Å². The third kappa shape index (κ3) is 7.40. The number of halogens is 1. The molecule has 0 radical (unpaired) electrons. The second-order valence-corrected chi connectivity index (χ2v) is 7.41. The lowest BCUT2D eigenvalue weighted by Crippen LogP contribution is -2.44. The van der Waals surface area contributed by atoms with Crippen LogP contribution >= 0.6 is 24.0 Å². The number of hydrogen-bond acceptors (Lipinski definition) is 6. The molecule has 0 aliphatic carbocycles. The number of guanidine groups is 1. The number of benzene rings is 1. The largest absolute Gasteiger partial charge is 0.497 e. The fourth-order valence-corrected chi connectivity index (χ4v) is 3.70. The second-order valence-electron chi connectivity index (χ2n) is 7.41. The van der Waals surface area contributed by atoms with E-state index in [4.69, 9.17) is 14.2 Å². The van der Waals surface area contributed by atoms with Crippen LogP contribution in [0.5, 0.6) is 17.4 Å². The van der Waals surface area contributed by atoms with E-state index in [1.54, 1.807) is 27.5 Å². The highest BCUT2D eigenvalue weighted by atomic mass is 127. The minimum Gasteiger partial charge on any atom is -0.497 e. The van der Waals surface area contributed by atoms with Gasteiger partial charge in [-0.05, 0) is 37.1 Å². The number of nitrogens with zero attached hydrogens (tertiary/aromatic N) is 3. The summed E-state index contributed by atoms with van der Waals surface area (Å²) in [6, 6.07) is 10.3. The minimum absolute atomic E-state index is 0. The van der Waals surface area contributed by atoms with E-state index in [-0.39, 0.29) is 24.0 Å². The number of aliphatic imine (C=N–C) groups is 1. The summed E-state index contributed by atoms with van der Waals surface area (Å²) in [6.07, 6.45) is 2.80. The van der Waals surface area contributed by atoms with Gasteiger partial charge in [-0.1, -0.05) is 6.07 Å². The Bertz CT molecular complexity index is 858. The van der Waals surface area contributed by atoms with Crippen LogP contribution in [0.3, 0.4) is 0 Å². The summed E-state index contributed by atoms with van der Waals surface area (Å²) in [5.74, 6) is 3.07. The summed E-state index contributed by atoms with van der Waals surface area (Å²) in [7, 11) is 5.14. The van der Waals surface area contributed by atoms with E-state index in [0.717, 1.165) is 49.1 Å². The molecular formula is C23H34IN5O3. The van der Waals surface area contributed by atoms with Crippen LogP contribution < -0.4 is 24.8 Å². The van der Waals surface area contributed by atoms with Crippen LogP contribution in [0.25, 0.3) is 0 Å². The molecule has 9 heteroatoms. The first-order valence-corrected chi connectivity index (χ1v) is 10.6. The molecule has 0 bridgehead atoms. The van der Waals surface area contributed by atoms with Gasteiger partial charge in [0.25, 0.3) is 0 Å². The van der Waals surface area contributed by atoms with Crippen molar-refractivity contribution in [1.82, 2.24) is 20.5 Å². The zero-order valence-corrected chi connectivity index (χ0v) is 21.6. The predicted octanol–water partition coefficient (Wildman–Crippen LogP) is 3.06. The SMILES string of the molecule is CCOc1ncccc1CNC(=NC)NC1CCN(Cc2cc(OC)cc(OC)c2)C1.I. The van der Waals surface area contributed by atoms with Gasteiger partial charge in [-0.25, -0.2) is 4.98 Å². The number of rotatable bonds is 9. The maximum Gasteiger partial charge on any atom is 0.218 e. The quantitative estimate of drug-likeness (QED) is 0.280. The van der Waals surface area contributed by atoms with E-state index in [9.17, 15) is 0 Å². The van der Waals surface area contributed by atoms with Crippen molar-refractivity contribution in [2.75, 3.05) is 41.0 Å². The van der Waals surface area contributed by atoms with E-state index in [0.29, 0.717) is 25.1 Å². The monoisotopic (exact) mass is 555 g/mol. The van der Waals surface area contributed by atoms with Crippen molar-refractivity contribution in [2.45, 2.75) is 32.5 Å². The van der Waals surface area contributed by atoms with Gasteiger partial charge in [0.05, 0.1) is 20.8 Å². The Labute approximate surface area is 207 Å². The first-order valence-electron chi connectivity index (χ1n) is 10.6. The molecule has 1 aromatic heterocycles. The molecule has 0 saturated carbocycles. The van der Waals surface area contributed by atoms with Crippen LogP contribution in [0, 0.1) is 0 Å². The Hall–Kier alpha value is -2.27. The van der Waals surface area contributed by atoms with Crippen LogP contribution in [-0.2, 0) is 13.1 Å². The lowest BCUT2D eigenvalue weighted by Gasteiger charge is -2.20. The lowest BCUT2D eigenvalue weighted by molar-refractivity contribution is 0.321. The average Bonchev–Trinajstić information content (AvgIpc) is 3.23. The number of hydrogen-bond donors (Lipinski definition) is 2. The molecular weight excluding hydrogens is 521 g/mol. The Morgan fingerprint density at radius 1 is 1.22 bits per heavy atom. The first kappa shape index (κ1) is 26.0. The van der Waals surface area contributed by atoms with Crippen LogP contribution in [0.15, 0.2) is 41.5 Å². The molecule has 1 aliphatic rings. The first-order chi connectivity index (χ1) is 15.1. The molecule has 0 amide bonds. The second kappa shape index (κ2) is 13.3. The molecule has 3 rings (SSSR count). The summed E-state index contributed by atoms with van der Waals surface area (Å²) >= 11 is 0. The molecule has 176 valence electrons. The molecule has 1 atom stereocenters.